The Labute approximate surface area is 104 Å². The van der Waals surface area contributed by atoms with Crippen LogP contribution in [0.5, 0.6) is 0 Å². The van der Waals surface area contributed by atoms with E-state index in [1.165, 1.54) is 31.9 Å². The van der Waals surface area contributed by atoms with Gasteiger partial charge < -0.3 is 9.47 Å². The first kappa shape index (κ1) is 14.2. The molecule has 0 aliphatic heterocycles. The Morgan fingerprint density at radius 1 is 1.41 bits per heavy atom. The molecule has 1 saturated carbocycles. The van der Waals surface area contributed by atoms with Crippen molar-refractivity contribution in [2.75, 3.05) is 20.8 Å². The van der Waals surface area contributed by atoms with E-state index in [2.05, 4.69) is 13.0 Å². The average Bonchev–Trinajstić information content (AvgIpc) is 2.59. The van der Waals surface area contributed by atoms with E-state index in [9.17, 15) is 4.79 Å². The number of hydrogen-bond donors (Lipinski definition) is 0. The van der Waals surface area contributed by atoms with Crippen molar-refractivity contribution >= 4 is 5.97 Å². The van der Waals surface area contributed by atoms with Crippen LogP contribution in [0, 0.1) is 11.8 Å². The summed E-state index contributed by atoms with van der Waals surface area (Å²) in [6.07, 6.45) is 8.04. The Morgan fingerprint density at radius 3 is 2.76 bits per heavy atom. The largest absolute Gasteiger partial charge is 0.469 e. The number of methoxy groups -OCH3 is 2. The Morgan fingerprint density at radius 2 is 2.18 bits per heavy atom. The molecular weight excluding hydrogens is 216 g/mol. The van der Waals surface area contributed by atoms with Crippen LogP contribution < -0.4 is 0 Å². The van der Waals surface area contributed by atoms with Crippen LogP contribution in [0.4, 0.5) is 0 Å². The van der Waals surface area contributed by atoms with Crippen molar-refractivity contribution in [1.82, 2.24) is 0 Å². The zero-order valence-corrected chi connectivity index (χ0v) is 11.2. The van der Waals surface area contributed by atoms with Gasteiger partial charge in [0.1, 0.15) is 0 Å². The first-order chi connectivity index (χ1) is 8.24. The van der Waals surface area contributed by atoms with E-state index < -0.39 is 0 Å². The van der Waals surface area contributed by atoms with Crippen LogP contribution in [0.2, 0.25) is 0 Å². The zero-order chi connectivity index (χ0) is 12.7. The quantitative estimate of drug-likeness (QED) is 0.430. The number of ether oxygens (including phenoxy) is 2. The molecule has 0 aromatic heterocycles. The summed E-state index contributed by atoms with van der Waals surface area (Å²) in [6.45, 7) is 2.52. The molecule has 0 aromatic rings. The van der Waals surface area contributed by atoms with Crippen molar-refractivity contribution in [3.05, 3.63) is 11.6 Å². The Bertz CT molecular complexity index is 271. The molecule has 1 fully saturated rings. The van der Waals surface area contributed by atoms with E-state index in [1.54, 1.807) is 7.11 Å². The molecule has 1 aliphatic rings. The van der Waals surface area contributed by atoms with E-state index in [1.807, 2.05) is 0 Å². The van der Waals surface area contributed by atoms with Crippen LogP contribution >= 0.6 is 0 Å². The van der Waals surface area contributed by atoms with Crippen LogP contribution in [-0.4, -0.2) is 26.8 Å². The summed E-state index contributed by atoms with van der Waals surface area (Å²) in [5, 5.41) is 0. The molecule has 0 bridgehead atoms. The normalized spacial score (nSPS) is 25.4. The predicted molar refractivity (Wildman–Crippen MR) is 67.7 cm³/mol. The first-order valence-electron chi connectivity index (χ1n) is 6.46. The Balaban J connectivity index is 2.84. The third-order valence-corrected chi connectivity index (χ3v) is 3.66. The lowest BCUT2D eigenvalue weighted by Crippen LogP contribution is -2.30. The topological polar surface area (TPSA) is 35.5 Å². The van der Waals surface area contributed by atoms with Crippen LogP contribution in [0.1, 0.15) is 39.0 Å². The van der Waals surface area contributed by atoms with Crippen LogP contribution in [0.3, 0.4) is 0 Å². The highest BCUT2D eigenvalue weighted by Gasteiger charge is 2.32. The minimum absolute atomic E-state index is 0.141. The van der Waals surface area contributed by atoms with E-state index in [0.29, 0.717) is 12.5 Å². The van der Waals surface area contributed by atoms with Gasteiger partial charge >= 0.3 is 5.97 Å². The van der Waals surface area contributed by atoms with Crippen LogP contribution in [0.15, 0.2) is 11.6 Å². The van der Waals surface area contributed by atoms with Gasteiger partial charge in [-0.2, -0.15) is 0 Å². The maximum atomic E-state index is 11.8. The molecular formula is C14H24O3. The van der Waals surface area contributed by atoms with Gasteiger partial charge in [-0.25, -0.2) is 0 Å². The van der Waals surface area contributed by atoms with Gasteiger partial charge in [-0.3, -0.25) is 4.79 Å². The molecule has 2 unspecified atom stereocenters. The van der Waals surface area contributed by atoms with Gasteiger partial charge in [0.2, 0.25) is 0 Å². The molecule has 2 atom stereocenters. The van der Waals surface area contributed by atoms with Crippen molar-refractivity contribution in [2.24, 2.45) is 11.8 Å². The summed E-state index contributed by atoms with van der Waals surface area (Å²) < 4.78 is 10.1. The minimum atomic E-state index is -0.144. The standard InChI is InChI=1S/C14H24O3/c1-4-11-8-6-5-7-9-12(11)13(10-16-2)14(15)17-3/h4,12-13H,5-10H2,1-3H3/b11-4+. The van der Waals surface area contributed by atoms with Crippen molar-refractivity contribution in [2.45, 2.75) is 39.0 Å². The second kappa shape index (κ2) is 7.49. The smallest absolute Gasteiger partial charge is 0.311 e. The van der Waals surface area contributed by atoms with Crippen LogP contribution in [0.25, 0.3) is 0 Å². The molecule has 0 amide bonds. The maximum absolute atomic E-state index is 11.8. The number of carbonyl (C=O) groups is 1. The lowest BCUT2D eigenvalue weighted by molar-refractivity contribution is -0.149. The van der Waals surface area contributed by atoms with Crippen molar-refractivity contribution < 1.29 is 14.3 Å². The molecule has 17 heavy (non-hydrogen) atoms. The Hall–Kier alpha value is -0.830. The molecule has 0 saturated heterocycles. The number of esters is 1. The minimum Gasteiger partial charge on any atom is -0.469 e. The fourth-order valence-electron chi connectivity index (χ4n) is 2.74. The second-order valence-electron chi connectivity index (χ2n) is 4.65. The summed E-state index contributed by atoms with van der Waals surface area (Å²) in [7, 11) is 3.10. The van der Waals surface area contributed by atoms with E-state index >= 15 is 0 Å². The zero-order valence-electron chi connectivity index (χ0n) is 11.2. The molecule has 3 nitrogen and oxygen atoms in total. The fraction of sp³-hybridized carbons (Fsp3) is 0.786. The molecule has 0 aromatic carbocycles. The second-order valence-corrected chi connectivity index (χ2v) is 4.65. The van der Waals surface area contributed by atoms with Gasteiger partial charge in [0.15, 0.2) is 0 Å². The Kier molecular flexibility index (Phi) is 6.27. The molecule has 0 heterocycles. The van der Waals surface area contributed by atoms with E-state index in [-0.39, 0.29) is 11.9 Å². The van der Waals surface area contributed by atoms with Gasteiger partial charge in [-0.05, 0) is 32.1 Å². The summed E-state index contributed by atoms with van der Waals surface area (Å²) in [5.41, 5.74) is 1.40. The summed E-state index contributed by atoms with van der Waals surface area (Å²) in [4.78, 5) is 11.8. The lowest BCUT2D eigenvalue weighted by Gasteiger charge is -2.25. The van der Waals surface area contributed by atoms with Crippen molar-refractivity contribution in [3.63, 3.8) is 0 Å². The highest BCUT2D eigenvalue weighted by molar-refractivity contribution is 5.73. The van der Waals surface area contributed by atoms with Gasteiger partial charge in [0.05, 0.1) is 19.6 Å². The van der Waals surface area contributed by atoms with Crippen molar-refractivity contribution in [3.8, 4) is 0 Å². The number of hydrogen-bond acceptors (Lipinski definition) is 3. The number of allylic oxidation sites excluding steroid dienone is 2. The summed E-state index contributed by atoms with van der Waals surface area (Å²) >= 11 is 0. The lowest BCUT2D eigenvalue weighted by atomic mass is 9.82. The highest BCUT2D eigenvalue weighted by atomic mass is 16.5. The predicted octanol–water partition coefficient (Wildman–Crippen LogP) is 2.95. The van der Waals surface area contributed by atoms with Crippen LogP contribution in [-0.2, 0) is 14.3 Å². The molecule has 1 aliphatic carbocycles. The molecule has 98 valence electrons. The van der Waals surface area contributed by atoms with Gasteiger partial charge in [0.25, 0.3) is 0 Å². The SMILES string of the molecule is C/C=C1\CCCCCC1C(COC)C(=O)OC. The molecule has 0 radical (unpaired) electrons. The van der Waals surface area contributed by atoms with Gasteiger partial charge in [0, 0.05) is 7.11 Å². The molecule has 1 rings (SSSR count). The first-order valence-corrected chi connectivity index (χ1v) is 6.46. The number of carbonyl (C=O) groups excluding carboxylic acids is 1. The average molecular weight is 240 g/mol. The van der Waals surface area contributed by atoms with E-state index in [0.717, 1.165) is 12.8 Å². The summed E-state index contributed by atoms with van der Waals surface area (Å²) in [5.74, 6) is 0.0160. The number of rotatable bonds is 4. The molecule has 3 heteroatoms. The third-order valence-electron chi connectivity index (χ3n) is 3.66. The third kappa shape index (κ3) is 3.84. The van der Waals surface area contributed by atoms with Gasteiger partial charge in [-0.1, -0.05) is 24.5 Å². The summed E-state index contributed by atoms with van der Waals surface area (Å²) in [6, 6.07) is 0. The molecule has 0 N–H and O–H groups in total. The molecule has 0 spiro atoms. The fourth-order valence-corrected chi connectivity index (χ4v) is 2.74. The maximum Gasteiger partial charge on any atom is 0.311 e. The van der Waals surface area contributed by atoms with Gasteiger partial charge in [-0.15, -0.1) is 0 Å². The van der Waals surface area contributed by atoms with E-state index in [4.69, 9.17) is 9.47 Å². The van der Waals surface area contributed by atoms with Crippen molar-refractivity contribution in [1.29, 1.82) is 0 Å². The monoisotopic (exact) mass is 240 g/mol. The highest BCUT2D eigenvalue weighted by Crippen LogP contribution is 2.34.